The minimum atomic E-state index is -0.0146. The van der Waals surface area contributed by atoms with Gasteiger partial charge in [0.25, 0.3) is 0 Å². The van der Waals surface area contributed by atoms with Crippen molar-refractivity contribution in [2.45, 2.75) is 25.7 Å². The van der Waals surface area contributed by atoms with Crippen LogP contribution in [0.15, 0.2) is 67.4 Å². The van der Waals surface area contributed by atoms with E-state index in [1.165, 1.54) is 31.0 Å². The molecular formula is C26H26N6O. The molecule has 0 bridgehead atoms. The normalized spacial score (nSPS) is 13.8. The summed E-state index contributed by atoms with van der Waals surface area (Å²) in [5.41, 5.74) is 5.38. The monoisotopic (exact) mass is 438 g/mol. The second-order valence-electron chi connectivity index (χ2n) is 8.30. The molecule has 33 heavy (non-hydrogen) atoms. The van der Waals surface area contributed by atoms with Crippen molar-refractivity contribution in [3.63, 3.8) is 0 Å². The number of fused-ring (bicyclic) bond motifs is 1. The number of carbonyl (C=O) groups is 1. The molecule has 0 spiro atoms. The number of aromatic nitrogens is 4. The van der Waals surface area contributed by atoms with E-state index < -0.39 is 0 Å². The van der Waals surface area contributed by atoms with Crippen molar-refractivity contribution in [3.8, 4) is 11.3 Å². The van der Waals surface area contributed by atoms with Gasteiger partial charge in [0.1, 0.15) is 0 Å². The highest BCUT2D eigenvalue weighted by molar-refractivity contribution is 5.93. The van der Waals surface area contributed by atoms with Gasteiger partial charge in [0.15, 0.2) is 11.4 Å². The average Bonchev–Trinajstić information content (AvgIpc) is 3.33. The SMILES string of the molecule is C=CC(=O)Cc1cccc(-c2nc(Nc3cccc(N4CCCCC4)c3)nc3[nH]ncc23)c1. The zero-order valence-electron chi connectivity index (χ0n) is 18.4. The van der Waals surface area contributed by atoms with Crippen LogP contribution in [0.2, 0.25) is 0 Å². The molecule has 2 aromatic carbocycles. The number of aromatic amines is 1. The molecular weight excluding hydrogens is 412 g/mol. The smallest absolute Gasteiger partial charge is 0.229 e. The number of piperidine rings is 1. The quantitative estimate of drug-likeness (QED) is 0.393. The Morgan fingerprint density at radius 3 is 2.79 bits per heavy atom. The number of anilines is 3. The third-order valence-electron chi connectivity index (χ3n) is 5.94. The fraction of sp³-hybridized carbons (Fsp3) is 0.231. The molecule has 0 atom stereocenters. The van der Waals surface area contributed by atoms with Crippen LogP contribution in [0, 0.1) is 0 Å². The van der Waals surface area contributed by atoms with Crippen molar-refractivity contribution < 1.29 is 4.79 Å². The van der Waals surface area contributed by atoms with Gasteiger partial charge in [-0.05, 0) is 55.2 Å². The number of nitrogens with one attached hydrogen (secondary N) is 2. The standard InChI is InChI=1S/C26H26N6O/c1-2-22(33)15-18-8-6-9-19(14-18)24-23-17-27-31-25(23)30-26(29-24)28-20-10-7-11-21(16-20)32-12-4-3-5-13-32/h2,6-11,14,16-17H,1,3-5,12-13,15H2,(H2,27,28,29,30,31). The van der Waals surface area contributed by atoms with Crippen LogP contribution < -0.4 is 10.2 Å². The average molecular weight is 439 g/mol. The highest BCUT2D eigenvalue weighted by Gasteiger charge is 2.14. The van der Waals surface area contributed by atoms with Gasteiger partial charge in [0.2, 0.25) is 5.95 Å². The van der Waals surface area contributed by atoms with Crippen molar-refractivity contribution in [2.24, 2.45) is 0 Å². The Bertz CT molecular complexity index is 1310. The van der Waals surface area contributed by atoms with Gasteiger partial charge < -0.3 is 10.2 Å². The van der Waals surface area contributed by atoms with E-state index in [-0.39, 0.29) is 5.78 Å². The summed E-state index contributed by atoms with van der Waals surface area (Å²) in [5.74, 6) is 0.476. The molecule has 0 amide bonds. The fourth-order valence-corrected chi connectivity index (χ4v) is 4.27. The first-order chi connectivity index (χ1) is 16.2. The van der Waals surface area contributed by atoms with E-state index in [4.69, 9.17) is 4.98 Å². The molecule has 2 N–H and O–H groups in total. The van der Waals surface area contributed by atoms with Crippen LogP contribution in [-0.4, -0.2) is 39.0 Å². The number of hydrogen-bond donors (Lipinski definition) is 2. The molecule has 1 aliphatic heterocycles. The summed E-state index contributed by atoms with van der Waals surface area (Å²) in [4.78, 5) is 23.7. The molecule has 0 aliphatic carbocycles. The van der Waals surface area contributed by atoms with Crippen molar-refractivity contribution in [2.75, 3.05) is 23.3 Å². The Morgan fingerprint density at radius 2 is 1.94 bits per heavy atom. The summed E-state index contributed by atoms with van der Waals surface area (Å²) < 4.78 is 0. The lowest BCUT2D eigenvalue weighted by molar-refractivity contribution is -0.114. The van der Waals surface area contributed by atoms with Gasteiger partial charge in [-0.3, -0.25) is 9.89 Å². The molecule has 2 aromatic heterocycles. The molecule has 166 valence electrons. The predicted molar refractivity (Wildman–Crippen MR) is 132 cm³/mol. The zero-order valence-corrected chi connectivity index (χ0v) is 18.4. The van der Waals surface area contributed by atoms with Crippen LogP contribution in [0.1, 0.15) is 24.8 Å². The van der Waals surface area contributed by atoms with Gasteiger partial charge in [-0.15, -0.1) is 0 Å². The Morgan fingerprint density at radius 1 is 1.09 bits per heavy atom. The van der Waals surface area contributed by atoms with E-state index in [9.17, 15) is 4.79 Å². The molecule has 3 heterocycles. The first-order valence-corrected chi connectivity index (χ1v) is 11.3. The first-order valence-electron chi connectivity index (χ1n) is 11.3. The van der Waals surface area contributed by atoms with Gasteiger partial charge >= 0.3 is 0 Å². The van der Waals surface area contributed by atoms with Crippen LogP contribution in [0.4, 0.5) is 17.3 Å². The highest BCUT2D eigenvalue weighted by atomic mass is 16.1. The van der Waals surface area contributed by atoms with E-state index in [1.807, 2.05) is 30.3 Å². The molecule has 4 aromatic rings. The van der Waals surface area contributed by atoms with Gasteiger partial charge in [0, 0.05) is 36.4 Å². The third kappa shape index (κ3) is 4.62. The zero-order chi connectivity index (χ0) is 22.6. The molecule has 0 unspecified atom stereocenters. The second kappa shape index (κ2) is 9.24. The number of carbonyl (C=O) groups excluding carboxylic acids is 1. The van der Waals surface area contributed by atoms with E-state index in [0.717, 1.165) is 41.0 Å². The predicted octanol–water partition coefficient (Wildman–Crippen LogP) is 5.05. The summed E-state index contributed by atoms with van der Waals surface area (Å²) >= 11 is 0. The lowest BCUT2D eigenvalue weighted by Gasteiger charge is -2.29. The minimum Gasteiger partial charge on any atom is -0.371 e. The van der Waals surface area contributed by atoms with E-state index in [1.54, 1.807) is 6.20 Å². The number of benzene rings is 2. The minimum absolute atomic E-state index is 0.0146. The van der Waals surface area contributed by atoms with Gasteiger partial charge in [-0.25, -0.2) is 4.98 Å². The molecule has 5 rings (SSSR count). The lowest BCUT2D eigenvalue weighted by Crippen LogP contribution is -2.29. The van der Waals surface area contributed by atoms with E-state index >= 15 is 0 Å². The summed E-state index contributed by atoms with van der Waals surface area (Å²) in [5, 5.41) is 11.3. The summed E-state index contributed by atoms with van der Waals surface area (Å²) in [6, 6.07) is 16.2. The highest BCUT2D eigenvalue weighted by Crippen LogP contribution is 2.29. The van der Waals surface area contributed by atoms with Gasteiger partial charge in [-0.1, -0.05) is 30.8 Å². The number of rotatable bonds is 7. The molecule has 7 nitrogen and oxygen atoms in total. The fourth-order valence-electron chi connectivity index (χ4n) is 4.27. The first kappa shape index (κ1) is 20.9. The Balaban J connectivity index is 1.47. The topological polar surface area (TPSA) is 86.8 Å². The number of ketones is 1. The Labute approximate surface area is 192 Å². The van der Waals surface area contributed by atoms with Crippen molar-refractivity contribution in [1.29, 1.82) is 0 Å². The van der Waals surface area contributed by atoms with Crippen LogP contribution in [0.3, 0.4) is 0 Å². The van der Waals surface area contributed by atoms with Gasteiger partial charge in [-0.2, -0.15) is 10.1 Å². The molecule has 1 fully saturated rings. The largest absolute Gasteiger partial charge is 0.371 e. The summed E-state index contributed by atoms with van der Waals surface area (Å²) in [7, 11) is 0. The molecule has 1 aliphatic rings. The molecule has 7 heteroatoms. The van der Waals surface area contributed by atoms with Gasteiger partial charge in [0.05, 0.1) is 17.3 Å². The van der Waals surface area contributed by atoms with Crippen molar-refractivity contribution in [1.82, 2.24) is 20.2 Å². The van der Waals surface area contributed by atoms with Crippen LogP contribution >= 0.6 is 0 Å². The number of allylic oxidation sites excluding steroid dienone is 1. The summed E-state index contributed by atoms with van der Waals surface area (Å²) in [6.45, 7) is 5.75. The Hall–Kier alpha value is -4.00. The maximum absolute atomic E-state index is 11.8. The van der Waals surface area contributed by atoms with E-state index in [0.29, 0.717) is 18.0 Å². The van der Waals surface area contributed by atoms with Crippen LogP contribution in [0.25, 0.3) is 22.3 Å². The lowest BCUT2D eigenvalue weighted by atomic mass is 10.0. The molecule has 0 radical (unpaired) electrons. The Kier molecular flexibility index (Phi) is 5.85. The molecule has 1 saturated heterocycles. The third-order valence-corrected chi connectivity index (χ3v) is 5.94. The van der Waals surface area contributed by atoms with E-state index in [2.05, 4.69) is 50.2 Å². The van der Waals surface area contributed by atoms with Crippen LogP contribution in [0.5, 0.6) is 0 Å². The number of hydrogen-bond acceptors (Lipinski definition) is 6. The maximum atomic E-state index is 11.8. The van der Waals surface area contributed by atoms with Crippen molar-refractivity contribution in [3.05, 3.63) is 72.9 Å². The second-order valence-corrected chi connectivity index (χ2v) is 8.30. The maximum Gasteiger partial charge on any atom is 0.229 e. The number of H-pyrrole nitrogens is 1. The number of nitrogens with zero attached hydrogens (tertiary/aromatic N) is 4. The van der Waals surface area contributed by atoms with Crippen LogP contribution in [-0.2, 0) is 11.2 Å². The van der Waals surface area contributed by atoms with Crippen molar-refractivity contribution >= 4 is 34.1 Å². The summed E-state index contributed by atoms with van der Waals surface area (Å²) in [6.07, 6.45) is 7.17. The molecule has 0 saturated carbocycles.